The van der Waals surface area contributed by atoms with Crippen LogP contribution in [0.3, 0.4) is 0 Å². The number of nitrogens with one attached hydrogen (secondary N) is 1. The van der Waals surface area contributed by atoms with Crippen LogP contribution in [0.25, 0.3) is 23.4 Å². The molecule has 2 aromatic carbocycles. The molecular formula is C20H17N3O2. The van der Waals surface area contributed by atoms with Crippen LogP contribution in [0.15, 0.2) is 60.8 Å². The number of aromatic hydroxyl groups is 1. The molecule has 0 unspecified atom stereocenters. The maximum Gasteiger partial charge on any atom is 0.222 e. The summed E-state index contributed by atoms with van der Waals surface area (Å²) in [5.41, 5.74) is 3.06. The standard InChI is InChI=1S/C20H17N3O2/c1-14(24)22-20-18(12-7-15-5-3-2-4-6-15)23-19(13-21-20)16-8-10-17(25)11-9-16/h2-13,25H,1H3,(H,21,22,24). The number of carbonyl (C=O) groups excluding carboxylic acids is 1. The van der Waals surface area contributed by atoms with Crippen molar-refractivity contribution in [3.63, 3.8) is 0 Å². The molecule has 0 aliphatic heterocycles. The summed E-state index contributed by atoms with van der Waals surface area (Å²) in [5.74, 6) is 0.388. The van der Waals surface area contributed by atoms with Gasteiger partial charge in [-0.05, 0) is 35.9 Å². The lowest BCUT2D eigenvalue weighted by molar-refractivity contribution is -0.114. The van der Waals surface area contributed by atoms with E-state index in [9.17, 15) is 9.90 Å². The summed E-state index contributed by atoms with van der Waals surface area (Å²) >= 11 is 0. The maximum atomic E-state index is 11.4. The van der Waals surface area contributed by atoms with Crippen molar-refractivity contribution in [2.75, 3.05) is 5.32 Å². The number of benzene rings is 2. The highest BCUT2D eigenvalue weighted by Crippen LogP contribution is 2.23. The summed E-state index contributed by atoms with van der Waals surface area (Å²) in [7, 11) is 0. The Labute approximate surface area is 145 Å². The number of hydrogen-bond donors (Lipinski definition) is 2. The first-order valence-electron chi connectivity index (χ1n) is 7.79. The molecule has 0 atom stereocenters. The summed E-state index contributed by atoms with van der Waals surface area (Å²) in [4.78, 5) is 20.3. The molecular weight excluding hydrogens is 314 g/mol. The predicted octanol–water partition coefficient (Wildman–Crippen LogP) is 3.98. The highest BCUT2D eigenvalue weighted by molar-refractivity contribution is 5.90. The molecule has 1 amide bonds. The number of phenolic OH excluding ortho intramolecular Hbond substituents is 1. The van der Waals surface area contributed by atoms with Crippen molar-refractivity contribution in [2.45, 2.75) is 6.92 Å². The molecule has 0 aliphatic rings. The van der Waals surface area contributed by atoms with Crippen LogP contribution in [-0.2, 0) is 4.79 Å². The van der Waals surface area contributed by atoms with Gasteiger partial charge in [0.1, 0.15) is 11.4 Å². The third-order valence-corrected chi connectivity index (χ3v) is 3.49. The zero-order valence-electron chi connectivity index (χ0n) is 13.7. The minimum absolute atomic E-state index is 0.191. The molecule has 3 rings (SSSR count). The Balaban J connectivity index is 1.99. The Morgan fingerprint density at radius 1 is 1.04 bits per heavy atom. The third-order valence-electron chi connectivity index (χ3n) is 3.49. The van der Waals surface area contributed by atoms with Gasteiger partial charge in [-0.1, -0.05) is 36.4 Å². The van der Waals surface area contributed by atoms with E-state index in [0.717, 1.165) is 11.1 Å². The van der Waals surface area contributed by atoms with E-state index < -0.39 is 0 Å². The Bertz CT molecular complexity index is 904. The molecule has 2 N–H and O–H groups in total. The number of anilines is 1. The smallest absolute Gasteiger partial charge is 0.222 e. The van der Waals surface area contributed by atoms with Crippen molar-refractivity contribution in [3.05, 3.63) is 72.1 Å². The molecule has 25 heavy (non-hydrogen) atoms. The first kappa shape index (κ1) is 16.4. The summed E-state index contributed by atoms with van der Waals surface area (Å²) in [6.45, 7) is 1.43. The topological polar surface area (TPSA) is 75.1 Å². The quantitative estimate of drug-likeness (QED) is 0.758. The highest BCUT2D eigenvalue weighted by atomic mass is 16.3. The molecule has 5 nitrogen and oxygen atoms in total. The molecule has 0 saturated carbocycles. The highest BCUT2D eigenvalue weighted by Gasteiger charge is 2.08. The lowest BCUT2D eigenvalue weighted by Crippen LogP contribution is -2.10. The second-order valence-corrected chi connectivity index (χ2v) is 5.46. The van der Waals surface area contributed by atoms with Gasteiger partial charge in [0.05, 0.1) is 11.9 Å². The van der Waals surface area contributed by atoms with E-state index in [1.165, 1.54) is 6.92 Å². The fourth-order valence-electron chi connectivity index (χ4n) is 2.29. The fourth-order valence-corrected chi connectivity index (χ4v) is 2.29. The second-order valence-electron chi connectivity index (χ2n) is 5.46. The van der Waals surface area contributed by atoms with Crippen LogP contribution in [0.4, 0.5) is 5.82 Å². The normalized spacial score (nSPS) is 10.8. The molecule has 0 aliphatic carbocycles. The molecule has 124 valence electrons. The van der Waals surface area contributed by atoms with Gasteiger partial charge >= 0.3 is 0 Å². The van der Waals surface area contributed by atoms with Crippen LogP contribution in [0, 0.1) is 0 Å². The van der Waals surface area contributed by atoms with Crippen molar-refractivity contribution in [1.82, 2.24) is 9.97 Å². The SMILES string of the molecule is CC(=O)Nc1ncc(-c2ccc(O)cc2)nc1C=Cc1ccccc1. The van der Waals surface area contributed by atoms with E-state index in [-0.39, 0.29) is 11.7 Å². The zero-order chi connectivity index (χ0) is 17.6. The fraction of sp³-hybridized carbons (Fsp3) is 0.0500. The Morgan fingerprint density at radius 2 is 1.76 bits per heavy atom. The Morgan fingerprint density at radius 3 is 2.44 bits per heavy atom. The number of aromatic nitrogens is 2. The average molecular weight is 331 g/mol. The Hall–Kier alpha value is -3.47. The molecule has 0 radical (unpaired) electrons. The van der Waals surface area contributed by atoms with Crippen LogP contribution >= 0.6 is 0 Å². The van der Waals surface area contributed by atoms with E-state index in [2.05, 4.69) is 15.3 Å². The van der Waals surface area contributed by atoms with E-state index in [1.807, 2.05) is 42.5 Å². The molecule has 3 aromatic rings. The van der Waals surface area contributed by atoms with Gasteiger partial charge in [-0.2, -0.15) is 0 Å². The van der Waals surface area contributed by atoms with E-state index in [0.29, 0.717) is 17.2 Å². The second kappa shape index (κ2) is 7.40. The van der Waals surface area contributed by atoms with Gasteiger partial charge in [-0.3, -0.25) is 4.79 Å². The summed E-state index contributed by atoms with van der Waals surface area (Å²) in [6.07, 6.45) is 5.32. The maximum absolute atomic E-state index is 11.4. The molecule has 5 heteroatoms. The van der Waals surface area contributed by atoms with Crippen LogP contribution in [0.1, 0.15) is 18.2 Å². The van der Waals surface area contributed by atoms with Gasteiger partial charge in [0.25, 0.3) is 0 Å². The summed E-state index contributed by atoms with van der Waals surface area (Å²) in [6, 6.07) is 16.5. The molecule has 0 spiro atoms. The van der Waals surface area contributed by atoms with Crippen molar-refractivity contribution in [2.24, 2.45) is 0 Å². The molecule has 1 aromatic heterocycles. The number of phenols is 1. The van der Waals surface area contributed by atoms with Crippen molar-refractivity contribution in [1.29, 1.82) is 0 Å². The van der Waals surface area contributed by atoms with Crippen molar-refractivity contribution < 1.29 is 9.90 Å². The monoisotopic (exact) mass is 331 g/mol. The number of rotatable bonds is 4. The van der Waals surface area contributed by atoms with E-state index >= 15 is 0 Å². The summed E-state index contributed by atoms with van der Waals surface area (Å²) in [5, 5.41) is 12.1. The molecule has 0 saturated heterocycles. The summed E-state index contributed by atoms with van der Waals surface area (Å²) < 4.78 is 0. The van der Waals surface area contributed by atoms with Gasteiger partial charge in [0.15, 0.2) is 5.82 Å². The van der Waals surface area contributed by atoms with Crippen LogP contribution in [0.2, 0.25) is 0 Å². The van der Waals surface area contributed by atoms with Crippen LogP contribution in [-0.4, -0.2) is 21.0 Å². The van der Waals surface area contributed by atoms with Gasteiger partial charge in [-0.15, -0.1) is 0 Å². The molecule has 0 bridgehead atoms. The number of amides is 1. The lowest BCUT2D eigenvalue weighted by atomic mass is 10.1. The largest absolute Gasteiger partial charge is 0.508 e. The van der Waals surface area contributed by atoms with Gasteiger partial charge in [-0.25, -0.2) is 9.97 Å². The van der Waals surface area contributed by atoms with Gasteiger partial charge in [0, 0.05) is 12.5 Å². The van der Waals surface area contributed by atoms with Gasteiger partial charge in [0.2, 0.25) is 5.91 Å². The van der Waals surface area contributed by atoms with Gasteiger partial charge < -0.3 is 10.4 Å². The first-order chi connectivity index (χ1) is 12.1. The number of nitrogens with zero attached hydrogens (tertiary/aromatic N) is 2. The van der Waals surface area contributed by atoms with Crippen LogP contribution in [0.5, 0.6) is 5.75 Å². The third kappa shape index (κ3) is 4.29. The zero-order valence-corrected chi connectivity index (χ0v) is 13.7. The lowest BCUT2D eigenvalue weighted by Gasteiger charge is -2.08. The van der Waals surface area contributed by atoms with E-state index in [4.69, 9.17) is 0 Å². The van der Waals surface area contributed by atoms with Crippen molar-refractivity contribution >= 4 is 23.9 Å². The minimum atomic E-state index is -0.207. The van der Waals surface area contributed by atoms with Crippen molar-refractivity contribution in [3.8, 4) is 17.0 Å². The Kier molecular flexibility index (Phi) is 4.85. The molecule has 1 heterocycles. The first-order valence-corrected chi connectivity index (χ1v) is 7.79. The van der Waals surface area contributed by atoms with E-state index in [1.54, 1.807) is 30.5 Å². The number of hydrogen-bond acceptors (Lipinski definition) is 4. The minimum Gasteiger partial charge on any atom is -0.508 e. The van der Waals surface area contributed by atoms with Crippen LogP contribution < -0.4 is 5.32 Å². The molecule has 0 fully saturated rings. The average Bonchev–Trinajstić information content (AvgIpc) is 2.62. The predicted molar refractivity (Wildman–Crippen MR) is 98.8 cm³/mol. The number of carbonyl (C=O) groups is 1.